The van der Waals surface area contributed by atoms with Gasteiger partial charge in [-0.25, -0.2) is 0 Å². The van der Waals surface area contributed by atoms with Crippen LogP contribution in [-0.4, -0.2) is 11.8 Å². The number of hydrogen-bond donors (Lipinski definition) is 2. The highest BCUT2D eigenvalue weighted by Gasteiger charge is 2.40. The third-order valence-corrected chi connectivity index (χ3v) is 8.57. The van der Waals surface area contributed by atoms with E-state index < -0.39 is 0 Å². The first-order chi connectivity index (χ1) is 23.7. The van der Waals surface area contributed by atoms with Gasteiger partial charge < -0.3 is 20.4 Å². The lowest BCUT2D eigenvalue weighted by molar-refractivity contribution is -0.117. The number of fused-ring (bicyclic) bond motifs is 1. The number of para-hydroxylation sites is 4. The minimum Gasteiger partial charge on any atom is -0.321 e. The minimum absolute atomic E-state index is 0.299. The van der Waals surface area contributed by atoms with Crippen LogP contribution in [0.4, 0.5) is 34.1 Å². The molecular formula is C42H30N4O2. The van der Waals surface area contributed by atoms with Gasteiger partial charge in [0.15, 0.2) is 0 Å². The van der Waals surface area contributed by atoms with Gasteiger partial charge in [-0.1, -0.05) is 97.1 Å². The van der Waals surface area contributed by atoms with E-state index in [1.54, 1.807) is 0 Å². The van der Waals surface area contributed by atoms with Crippen LogP contribution in [0, 0.1) is 0 Å². The van der Waals surface area contributed by atoms with Gasteiger partial charge >= 0.3 is 0 Å². The van der Waals surface area contributed by atoms with Crippen LogP contribution in [0.25, 0.3) is 11.4 Å². The van der Waals surface area contributed by atoms with Gasteiger partial charge in [-0.05, 0) is 83.9 Å². The molecule has 0 saturated carbocycles. The molecule has 2 aliphatic rings. The van der Waals surface area contributed by atoms with Crippen molar-refractivity contribution < 1.29 is 9.59 Å². The lowest BCUT2D eigenvalue weighted by Gasteiger charge is -2.25. The first kappa shape index (κ1) is 28.8. The Hall–Kier alpha value is -6.66. The number of anilines is 6. The number of carbonyl (C=O) groups excluding carboxylic acids is 2. The summed E-state index contributed by atoms with van der Waals surface area (Å²) in [5, 5.41) is 5.97. The molecule has 0 spiro atoms. The zero-order chi connectivity index (χ0) is 32.5. The van der Waals surface area contributed by atoms with Gasteiger partial charge in [0.1, 0.15) is 0 Å². The van der Waals surface area contributed by atoms with E-state index in [0.717, 1.165) is 45.3 Å². The standard InChI is InChI=1S/C42H30N4O2/c47-41-37-38(40(44-41)30-23-27-36(28-24-30)46(33-17-9-3-10-18-33)34-19-11-4-12-20-34)42(48)43-39(37)29-21-25-35(26-22-29)45(31-13-5-1-6-14-31)32-15-7-2-8-16-32/h1-28H,(H,43,48)(H,44,47). The van der Waals surface area contributed by atoms with Crippen LogP contribution in [0.3, 0.4) is 0 Å². The summed E-state index contributed by atoms with van der Waals surface area (Å²) in [6.07, 6.45) is 0. The molecule has 2 heterocycles. The van der Waals surface area contributed by atoms with Crippen molar-refractivity contribution in [2.45, 2.75) is 0 Å². The Balaban J connectivity index is 1.13. The summed E-state index contributed by atoms with van der Waals surface area (Å²) in [5.41, 5.74) is 9.29. The number of carbonyl (C=O) groups is 2. The molecule has 6 aromatic rings. The van der Waals surface area contributed by atoms with Gasteiger partial charge in [0.05, 0.1) is 22.5 Å². The van der Waals surface area contributed by atoms with Crippen molar-refractivity contribution in [3.63, 3.8) is 0 Å². The van der Waals surface area contributed by atoms with Crippen LogP contribution in [0.2, 0.25) is 0 Å². The SMILES string of the molecule is O=C1NC(c2ccc(N(c3ccccc3)c3ccccc3)cc2)=C2C(=O)NC(c3ccc(N(c4ccccc4)c4ccccc4)cc3)=C12. The fraction of sp³-hybridized carbons (Fsp3) is 0. The van der Waals surface area contributed by atoms with Crippen LogP contribution >= 0.6 is 0 Å². The van der Waals surface area contributed by atoms with Crippen molar-refractivity contribution in [3.05, 3.63) is 192 Å². The molecule has 6 aromatic carbocycles. The van der Waals surface area contributed by atoms with Crippen molar-refractivity contribution in [2.24, 2.45) is 0 Å². The molecule has 6 heteroatoms. The highest BCUT2D eigenvalue weighted by Crippen LogP contribution is 2.40. The molecule has 2 N–H and O–H groups in total. The Morgan fingerprint density at radius 2 is 0.562 bits per heavy atom. The molecule has 0 radical (unpaired) electrons. The summed E-state index contributed by atoms with van der Waals surface area (Å²) in [6, 6.07) is 56.5. The summed E-state index contributed by atoms with van der Waals surface area (Å²) in [7, 11) is 0. The zero-order valence-corrected chi connectivity index (χ0v) is 25.9. The number of nitrogens with zero attached hydrogens (tertiary/aromatic N) is 2. The van der Waals surface area contributed by atoms with Gasteiger partial charge in [0.25, 0.3) is 11.8 Å². The summed E-state index contributed by atoms with van der Waals surface area (Å²) in [4.78, 5) is 31.2. The molecule has 0 saturated heterocycles. The predicted octanol–water partition coefficient (Wildman–Crippen LogP) is 9.01. The van der Waals surface area contributed by atoms with E-state index in [2.05, 4.69) is 69.0 Å². The van der Waals surface area contributed by atoms with E-state index >= 15 is 0 Å². The quantitative estimate of drug-likeness (QED) is 0.178. The molecule has 230 valence electrons. The first-order valence-electron chi connectivity index (χ1n) is 15.8. The number of nitrogens with one attached hydrogen (secondary N) is 2. The second kappa shape index (κ2) is 12.3. The van der Waals surface area contributed by atoms with Crippen molar-refractivity contribution in [2.75, 3.05) is 9.80 Å². The zero-order valence-electron chi connectivity index (χ0n) is 25.9. The Morgan fingerprint density at radius 1 is 0.312 bits per heavy atom. The van der Waals surface area contributed by atoms with Crippen LogP contribution in [-0.2, 0) is 9.59 Å². The maximum Gasteiger partial charge on any atom is 0.258 e. The van der Waals surface area contributed by atoms with Crippen LogP contribution in [0.15, 0.2) is 181 Å². The number of amides is 2. The average Bonchev–Trinajstić information content (AvgIpc) is 3.68. The Bertz CT molecular complexity index is 1940. The van der Waals surface area contributed by atoms with Gasteiger partial charge in [0.2, 0.25) is 0 Å². The third-order valence-electron chi connectivity index (χ3n) is 8.57. The van der Waals surface area contributed by atoms with E-state index in [9.17, 15) is 9.59 Å². The van der Waals surface area contributed by atoms with Gasteiger partial charge in [0, 0.05) is 34.1 Å². The van der Waals surface area contributed by atoms with Crippen molar-refractivity contribution in [1.82, 2.24) is 10.6 Å². The van der Waals surface area contributed by atoms with Crippen LogP contribution < -0.4 is 20.4 Å². The maximum atomic E-state index is 13.4. The van der Waals surface area contributed by atoms with Gasteiger partial charge in [-0.3, -0.25) is 9.59 Å². The van der Waals surface area contributed by atoms with Crippen molar-refractivity contribution in [3.8, 4) is 0 Å². The highest BCUT2D eigenvalue weighted by atomic mass is 16.2. The van der Waals surface area contributed by atoms with Gasteiger partial charge in [-0.15, -0.1) is 0 Å². The van der Waals surface area contributed by atoms with Gasteiger partial charge in [-0.2, -0.15) is 0 Å². The monoisotopic (exact) mass is 622 g/mol. The van der Waals surface area contributed by atoms with E-state index in [0.29, 0.717) is 22.5 Å². The fourth-order valence-corrected chi connectivity index (χ4v) is 6.37. The summed E-state index contributed by atoms with van der Waals surface area (Å²) in [5.74, 6) is -0.598. The fourth-order valence-electron chi connectivity index (χ4n) is 6.37. The third kappa shape index (κ3) is 5.21. The molecule has 2 aliphatic heterocycles. The molecule has 0 fully saturated rings. The lowest BCUT2D eigenvalue weighted by Crippen LogP contribution is -2.21. The molecule has 6 nitrogen and oxygen atoms in total. The normalized spacial score (nSPS) is 13.7. The molecular weight excluding hydrogens is 592 g/mol. The van der Waals surface area contributed by atoms with E-state index in [4.69, 9.17) is 0 Å². The smallest absolute Gasteiger partial charge is 0.258 e. The molecule has 0 aliphatic carbocycles. The van der Waals surface area contributed by atoms with Crippen LogP contribution in [0.5, 0.6) is 0 Å². The number of rotatable bonds is 8. The summed E-state index contributed by atoms with van der Waals surface area (Å²) >= 11 is 0. The summed E-state index contributed by atoms with van der Waals surface area (Å²) in [6.45, 7) is 0. The van der Waals surface area contributed by atoms with Crippen molar-refractivity contribution >= 4 is 57.3 Å². The second-order valence-electron chi connectivity index (χ2n) is 11.5. The molecule has 2 amide bonds. The topological polar surface area (TPSA) is 64.7 Å². The van der Waals surface area contributed by atoms with Crippen LogP contribution in [0.1, 0.15) is 11.1 Å². The van der Waals surface area contributed by atoms with Crippen molar-refractivity contribution in [1.29, 1.82) is 0 Å². The minimum atomic E-state index is -0.299. The number of benzene rings is 6. The lowest BCUT2D eigenvalue weighted by atomic mass is 10.0. The van der Waals surface area contributed by atoms with E-state index in [-0.39, 0.29) is 11.8 Å². The van der Waals surface area contributed by atoms with E-state index in [1.807, 2.05) is 121 Å². The Labute approximate surface area is 278 Å². The molecule has 48 heavy (non-hydrogen) atoms. The Kier molecular flexibility index (Phi) is 7.36. The number of hydrogen-bond acceptors (Lipinski definition) is 4. The van der Waals surface area contributed by atoms with E-state index in [1.165, 1.54) is 0 Å². The second-order valence-corrected chi connectivity index (χ2v) is 11.5. The highest BCUT2D eigenvalue weighted by molar-refractivity contribution is 6.30. The molecule has 0 bridgehead atoms. The summed E-state index contributed by atoms with van der Waals surface area (Å²) < 4.78 is 0. The largest absolute Gasteiger partial charge is 0.321 e. The predicted molar refractivity (Wildman–Crippen MR) is 192 cm³/mol. The Morgan fingerprint density at radius 3 is 0.833 bits per heavy atom. The molecule has 0 atom stereocenters. The first-order valence-corrected chi connectivity index (χ1v) is 15.8. The molecule has 8 rings (SSSR count). The molecule has 0 aromatic heterocycles. The average molecular weight is 623 g/mol. The molecule has 0 unspecified atom stereocenters. The maximum absolute atomic E-state index is 13.4.